The van der Waals surface area contributed by atoms with Gasteiger partial charge in [0.2, 0.25) is 0 Å². The molecule has 0 atom stereocenters. The first-order valence-corrected chi connectivity index (χ1v) is 20.1. The fourth-order valence-corrected chi connectivity index (χ4v) is 7.48. The Balaban J connectivity index is 0.879. The van der Waals surface area contributed by atoms with Crippen LogP contribution in [0.4, 0.5) is 9.59 Å². The van der Waals surface area contributed by atoms with E-state index in [1.165, 1.54) is 0 Å². The molecule has 5 aromatic rings. The average Bonchev–Trinajstić information content (AvgIpc) is 3.74. The van der Waals surface area contributed by atoms with E-state index in [0.29, 0.717) is 17.2 Å². The largest absolute Gasteiger partial charge is 0.491 e. The minimum Gasteiger partial charge on any atom is -0.491 e. The van der Waals surface area contributed by atoms with Gasteiger partial charge in [0.1, 0.15) is 62.5 Å². The van der Waals surface area contributed by atoms with Crippen LogP contribution in [0.1, 0.15) is 54.9 Å². The Kier molecular flexibility index (Phi) is 13.5. The number of carbonyl (C=O) groups is 3. The van der Waals surface area contributed by atoms with Gasteiger partial charge in [-0.25, -0.2) is 14.4 Å². The molecule has 312 valence electrons. The number of fused-ring (bicyclic) bond motifs is 6. The van der Waals surface area contributed by atoms with Crippen LogP contribution in [-0.2, 0) is 23.7 Å². The zero-order valence-electron chi connectivity index (χ0n) is 34.1. The van der Waals surface area contributed by atoms with E-state index in [2.05, 4.69) is 59.2 Å². The maximum Gasteiger partial charge on any atom is 0.407 e. The molecular weight excluding hydrogens is 765 g/mol. The van der Waals surface area contributed by atoms with Gasteiger partial charge in [0.05, 0.1) is 19.7 Å². The molecule has 0 heterocycles. The van der Waals surface area contributed by atoms with E-state index in [9.17, 15) is 14.4 Å². The van der Waals surface area contributed by atoms with Crippen molar-refractivity contribution in [3.8, 4) is 39.5 Å². The summed E-state index contributed by atoms with van der Waals surface area (Å²) in [5.41, 5.74) is 8.57. The Morgan fingerprint density at radius 1 is 0.517 bits per heavy atom. The SMILES string of the molecule is CC(C)(C)OC(=O)COCCOc1cc(OCCNC(=O)OCC2c3ccccc3-c3ccccc32)cc(OCCNC(=O)OCC2c3ccccc3-c3ccccc32)c1. The lowest BCUT2D eigenvalue weighted by Gasteiger charge is -2.19. The van der Waals surface area contributed by atoms with Gasteiger partial charge in [-0.1, -0.05) is 97.1 Å². The van der Waals surface area contributed by atoms with E-state index in [1.807, 2.05) is 48.5 Å². The maximum absolute atomic E-state index is 12.7. The zero-order chi connectivity index (χ0) is 41.9. The van der Waals surface area contributed by atoms with Crippen LogP contribution < -0.4 is 24.8 Å². The number of nitrogens with one attached hydrogen (secondary N) is 2. The van der Waals surface area contributed by atoms with E-state index < -0.39 is 23.8 Å². The minimum absolute atomic E-state index is 0.0441. The van der Waals surface area contributed by atoms with Crippen molar-refractivity contribution in [2.75, 3.05) is 59.3 Å². The molecule has 0 saturated heterocycles. The highest BCUT2D eigenvalue weighted by atomic mass is 16.6. The summed E-state index contributed by atoms with van der Waals surface area (Å²) in [7, 11) is 0. The second-order valence-corrected chi connectivity index (χ2v) is 15.3. The molecular formula is C48H50N2O10. The van der Waals surface area contributed by atoms with Gasteiger partial charge < -0.3 is 43.8 Å². The molecule has 0 unspecified atom stereocenters. The van der Waals surface area contributed by atoms with Gasteiger partial charge in [-0.05, 0) is 65.3 Å². The molecule has 0 spiro atoms. The van der Waals surface area contributed by atoms with Crippen molar-refractivity contribution in [1.29, 1.82) is 0 Å². The summed E-state index contributed by atoms with van der Waals surface area (Å²) in [4.78, 5) is 37.4. The van der Waals surface area contributed by atoms with Crippen molar-refractivity contribution in [2.24, 2.45) is 0 Å². The quantitative estimate of drug-likeness (QED) is 0.0505. The van der Waals surface area contributed by atoms with Crippen LogP contribution in [0, 0.1) is 0 Å². The summed E-state index contributed by atoms with van der Waals surface area (Å²) < 4.78 is 39.9. The fourth-order valence-electron chi connectivity index (χ4n) is 7.48. The number of amides is 2. The zero-order valence-corrected chi connectivity index (χ0v) is 34.1. The molecule has 0 radical (unpaired) electrons. The lowest BCUT2D eigenvalue weighted by molar-refractivity contribution is -0.160. The number of ether oxygens (including phenoxy) is 7. The molecule has 0 bridgehead atoms. The molecule has 2 amide bonds. The predicted molar refractivity (Wildman–Crippen MR) is 226 cm³/mol. The summed E-state index contributed by atoms with van der Waals surface area (Å²) >= 11 is 0. The molecule has 7 rings (SSSR count). The average molecular weight is 815 g/mol. The highest BCUT2D eigenvalue weighted by Gasteiger charge is 2.30. The molecule has 0 aromatic heterocycles. The topological polar surface area (TPSA) is 140 Å². The van der Waals surface area contributed by atoms with E-state index >= 15 is 0 Å². The second-order valence-electron chi connectivity index (χ2n) is 15.3. The van der Waals surface area contributed by atoms with Crippen LogP contribution in [0.2, 0.25) is 0 Å². The first-order valence-electron chi connectivity index (χ1n) is 20.1. The number of esters is 1. The van der Waals surface area contributed by atoms with Gasteiger partial charge in [0.15, 0.2) is 0 Å². The Bertz CT molecular complexity index is 2060. The van der Waals surface area contributed by atoms with Crippen molar-refractivity contribution in [2.45, 2.75) is 38.2 Å². The number of rotatable bonds is 18. The summed E-state index contributed by atoms with van der Waals surface area (Å²) in [6, 6.07) is 37.7. The maximum atomic E-state index is 12.7. The number of carbonyl (C=O) groups excluding carboxylic acids is 3. The standard InChI is InChI=1S/C48H50N2O10/c1-48(2,3)60-45(51)31-54-24-25-57-34-27-32(55-22-20-49-46(52)58-29-43-39-16-8-4-12-35(39)36-13-5-9-17-40(36)43)26-33(28-34)56-23-21-50-47(53)59-30-44-41-18-10-6-14-37(41)38-15-7-11-19-42(38)44/h4-19,26-28,43-44H,20-25,29-31H2,1-3H3,(H,49,52)(H,50,53). The van der Waals surface area contributed by atoms with E-state index in [1.54, 1.807) is 39.0 Å². The molecule has 60 heavy (non-hydrogen) atoms. The Morgan fingerprint density at radius 3 is 1.27 bits per heavy atom. The molecule has 2 N–H and O–H groups in total. The van der Waals surface area contributed by atoms with Crippen LogP contribution in [0.3, 0.4) is 0 Å². The highest BCUT2D eigenvalue weighted by Crippen LogP contribution is 2.45. The number of benzene rings is 5. The summed E-state index contributed by atoms with van der Waals surface area (Å²) in [5.74, 6) is 0.728. The Hall–Kier alpha value is -6.53. The molecule has 0 saturated carbocycles. The second kappa shape index (κ2) is 19.5. The summed E-state index contributed by atoms with van der Waals surface area (Å²) in [6.45, 7) is 6.48. The lowest BCUT2D eigenvalue weighted by Crippen LogP contribution is -2.30. The van der Waals surface area contributed by atoms with Gasteiger partial charge in [-0.3, -0.25) is 0 Å². The van der Waals surface area contributed by atoms with Crippen LogP contribution in [0.15, 0.2) is 115 Å². The molecule has 2 aliphatic carbocycles. The van der Waals surface area contributed by atoms with Crippen molar-refractivity contribution in [1.82, 2.24) is 10.6 Å². The van der Waals surface area contributed by atoms with Crippen molar-refractivity contribution < 1.29 is 47.5 Å². The van der Waals surface area contributed by atoms with E-state index in [-0.39, 0.29) is 71.2 Å². The number of alkyl carbamates (subject to hydrolysis) is 2. The first-order chi connectivity index (χ1) is 29.1. The van der Waals surface area contributed by atoms with Crippen molar-refractivity contribution in [3.05, 3.63) is 138 Å². The van der Waals surface area contributed by atoms with Crippen LogP contribution in [0.25, 0.3) is 22.3 Å². The van der Waals surface area contributed by atoms with Gasteiger partial charge in [-0.2, -0.15) is 0 Å². The Labute approximate surface area is 350 Å². The summed E-state index contributed by atoms with van der Waals surface area (Å²) in [5, 5.41) is 5.52. The van der Waals surface area contributed by atoms with Crippen molar-refractivity contribution in [3.63, 3.8) is 0 Å². The Morgan fingerprint density at radius 2 is 0.883 bits per heavy atom. The lowest BCUT2D eigenvalue weighted by atomic mass is 9.98. The molecule has 2 aliphatic rings. The van der Waals surface area contributed by atoms with E-state index in [0.717, 1.165) is 44.5 Å². The third-order valence-corrected chi connectivity index (χ3v) is 9.96. The van der Waals surface area contributed by atoms with E-state index in [4.69, 9.17) is 33.2 Å². The minimum atomic E-state index is -0.607. The fraction of sp³-hybridized carbons (Fsp3) is 0.312. The van der Waals surface area contributed by atoms with Crippen LogP contribution in [-0.4, -0.2) is 83.1 Å². The van der Waals surface area contributed by atoms with Crippen LogP contribution in [0.5, 0.6) is 17.2 Å². The molecule has 0 aliphatic heterocycles. The molecule has 5 aromatic carbocycles. The first kappa shape index (κ1) is 41.6. The van der Waals surface area contributed by atoms with Gasteiger partial charge in [0, 0.05) is 30.0 Å². The number of hydrogen-bond donors (Lipinski definition) is 2. The highest BCUT2D eigenvalue weighted by molar-refractivity contribution is 5.80. The predicted octanol–water partition coefficient (Wildman–Crippen LogP) is 8.26. The molecule has 12 heteroatoms. The van der Waals surface area contributed by atoms with Gasteiger partial charge in [0.25, 0.3) is 0 Å². The molecule has 0 fully saturated rings. The monoisotopic (exact) mass is 814 g/mol. The third-order valence-electron chi connectivity index (χ3n) is 9.96. The van der Waals surface area contributed by atoms with Crippen molar-refractivity contribution >= 4 is 18.2 Å². The van der Waals surface area contributed by atoms with Gasteiger partial charge in [-0.15, -0.1) is 0 Å². The smallest absolute Gasteiger partial charge is 0.407 e. The summed E-state index contributed by atoms with van der Waals surface area (Å²) in [6.07, 6.45) is -1.09. The normalized spacial score (nSPS) is 12.7. The number of hydrogen-bond acceptors (Lipinski definition) is 10. The van der Waals surface area contributed by atoms with Crippen LogP contribution >= 0.6 is 0 Å². The molecule has 12 nitrogen and oxygen atoms in total. The van der Waals surface area contributed by atoms with Gasteiger partial charge >= 0.3 is 18.2 Å². The third kappa shape index (κ3) is 10.7.